The number of esters is 1. The van der Waals surface area contributed by atoms with E-state index in [1.807, 2.05) is 6.92 Å². The van der Waals surface area contributed by atoms with Crippen LogP contribution in [0.5, 0.6) is 0 Å². The van der Waals surface area contributed by atoms with Crippen LogP contribution in [0.15, 0.2) is 0 Å². The summed E-state index contributed by atoms with van der Waals surface area (Å²) in [4.78, 5) is 53.7. The number of amides is 1. The van der Waals surface area contributed by atoms with Crippen molar-refractivity contribution in [2.75, 3.05) is 21.1 Å². The Morgan fingerprint density at radius 1 is 0.921 bits per heavy atom. The van der Waals surface area contributed by atoms with E-state index in [0.29, 0.717) is 32.1 Å². The zero-order valence-electron chi connectivity index (χ0n) is 24.5. The summed E-state index contributed by atoms with van der Waals surface area (Å²) < 4.78 is 5.55. The van der Waals surface area contributed by atoms with Crippen molar-refractivity contribution in [2.24, 2.45) is 5.92 Å². The molecule has 0 rings (SSSR count). The molecule has 0 bridgehead atoms. The third-order valence-corrected chi connectivity index (χ3v) is 6.97. The van der Waals surface area contributed by atoms with Crippen molar-refractivity contribution in [3.8, 4) is 0 Å². The van der Waals surface area contributed by atoms with E-state index in [2.05, 4.69) is 10.6 Å². The number of likely N-dealkylation sites (N-methyl/N-ethyl adjacent to an activating group) is 3. The number of aliphatic carboxylic acids is 1. The molecule has 38 heavy (non-hydrogen) atoms. The number of hydrogen-bond acceptors (Lipinski definition) is 9. The first-order valence-electron chi connectivity index (χ1n) is 13.6. The molecule has 11 heteroatoms. The maximum absolute atomic E-state index is 13.8. The van der Waals surface area contributed by atoms with Crippen LogP contribution in [0.2, 0.25) is 0 Å². The first kappa shape index (κ1) is 35.9. The standard InChI is InChI=1S/C27H51N3O8/c1-9-10-14-21(29-7)25(35)38-27(26(36)37,15-19(4)32)16-22(33)23(17(2)12-11-13-18(3)31)30(8)24(34)20(5)28-6/h17-21,23,28-29,31-32H,9-16H2,1-8H3,(H,36,37)/t17-,18?,19?,20+,21+,23+,27?/m1/s1. The smallest absolute Gasteiger partial charge is 0.348 e. The van der Waals surface area contributed by atoms with E-state index in [9.17, 15) is 34.5 Å². The van der Waals surface area contributed by atoms with Crippen LogP contribution in [0.3, 0.4) is 0 Å². The van der Waals surface area contributed by atoms with Gasteiger partial charge in [-0.2, -0.15) is 0 Å². The lowest BCUT2D eigenvalue weighted by Gasteiger charge is -2.37. The molecule has 7 atom stereocenters. The van der Waals surface area contributed by atoms with Gasteiger partial charge in [0.2, 0.25) is 11.5 Å². The molecule has 0 aromatic carbocycles. The minimum atomic E-state index is -2.31. The SMILES string of the molecule is CCCC[C@H](NC)C(=O)OC(CC(=O)[C@H]([C@H](C)CCCC(C)O)N(C)C(=O)[C@H](C)NC)(CC(C)O)C(=O)O. The van der Waals surface area contributed by atoms with Gasteiger partial charge in [0.05, 0.1) is 30.7 Å². The predicted molar refractivity (Wildman–Crippen MR) is 145 cm³/mol. The molecule has 0 fully saturated rings. The molecule has 222 valence electrons. The molecule has 0 saturated heterocycles. The number of carboxylic acid groups (broad SMARTS) is 1. The average Bonchev–Trinajstić information content (AvgIpc) is 2.82. The molecule has 0 aliphatic heterocycles. The Kier molecular flexibility index (Phi) is 16.5. The van der Waals surface area contributed by atoms with Gasteiger partial charge in [-0.3, -0.25) is 14.4 Å². The molecule has 0 heterocycles. The summed E-state index contributed by atoms with van der Waals surface area (Å²) in [6, 6.07) is -2.36. The normalized spacial score (nSPS) is 17.8. The monoisotopic (exact) mass is 545 g/mol. The lowest BCUT2D eigenvalue weighted by Crippen LogP contribution is -2.56. The second kappa shape index (κ2) is 17.5. The Hall–Kier alpha value is -2.08. The van der Waals surface area contributed by atoms with Crippen LogP contribution in [0.1, 0.15) is 86.0 Å². The molecule has 1 amide bonds. The Morgan fingerprint density at radius 2 is 1.53 bits per heavy atom. The van der Waals surface area contributed by atoms with Crippen molar-refractivity contribution in [2.45, 2.75) is 122 Å². The van der Waals surface area contributed by atoms with E-state index in [4.69, 9.17) is 4.74 Å². The van der Waals surface area contributed by atoms with Crippen LogP contribution in [-0.4, -0.2) is 101 Å². The van der Waals surface area contributed by atoms with E-state index < -0.39 is 66.5 Å². The van der Waals surface area contributed by atoms with Crippen LogP contribution in [0.4, 0.5) is 0 Å². The number of aliphatic hydroxyl groups is 2. The van der Waals surface area contributed by atoms with Gasteiger partial charge >= 0.3 is 11.9 Å². The number of ketones is 1. The molecule has 0 aliphatic carbocycles. The number of nitrogens with one attached hydrogen (secondary N) is 2. The predicted octanol–water partition coefficient (Wildman–Crippen LogP) is 1.48. The largest absolute Gasteiger partial charge is 0.478 e. The van der Waals surface area contributed by atoms with Gasteiger partial charge in [-0.25, -0.2) is 4.79 Å². The topological polar surface area (TPSA) is 165 Å². The van der Waals surface area contributed by atoms with E-state index in [1.54, 1.807) is 34.9 Å². The van der Waals surface area contributed by atoms with E-state index in [1.165, 1.54) is 18.9 Å². The number of hydrogen-bond donors (Lipinski definition) is 5. The van der Waals surface area contributed by atoms with Gasteiger partial charge in [-0.15, -0.1) is 0 Å². The fourth-order valence-corrected chi connectivity index (χ4v) is 4.65. The van der Waals surface area contributed by atoms with E-state index in [-0.39, 0.29) is 11.8 Å². The lowest BCUT2D eigenvalue weighted by molar-refractivity contribution is -0.186. The van der Waals surface area contributed by atoms with E-state index >= 15 is 0 Å². The van der Waals surface area contributed by atoms with Crippen molar-refractivity contribution in [1.82, 2.24) is 15.5 Å². The van der Waals surface area contributed by atoms with Gasteiger partial charge in [0.25, 0.3) is 0 Å². The molecule has 11 nitrogen and oxygen atoms in total. The number of carbonyl (C=O) groups excluding carboxylic acids is 3. The molecule has 0 saturated carbocycles. The number of aliphatic hydroxyl groups excluding tert-OH is 2. The molecule has 0 aromatic heterocycles. The fourth-order valence-electron chi connectivity index (χ4n) is 4.65. The quantitative estimate of drug-likeness (QED) is 0.141. The number of carboxylic acids is 1. The zero-order chi connectivity index (χ0) is 29.6. The molecular weight excluding hydrogens is 494 g/mol. The van der Waals surface area contributed by atoms with Gasteiger partial charge in [-0.1, -0.05) is 33.1 Å². The Labute approximate surface area is 227 Å². The van der Waals surface area contributed by atoms with Crippen molar-refractivity contribution < 1.29 is 39.2 Å². The maximum Gasteiger partial charge on any atom is 0.348 e. The summed E-state index contributed by atoms with van der Waals surface area (Å²) in [5.41, 5.74) is -2.31. The van der Waals surface area contributed by atoms with Gasteiger partial charge in [0.1, 0.15) is 6.04 Å². The molecule has 0 spiro atoms. The molecular formula is C27H51N3O8. The summed E-state index contributed by atoms with van der Waals surface area (Å²) in [5, 5.41) is 35.7. The highest BCUT2D eigenvalue weighted by atomic mass is 16.6. The second-order valence-electron chi connectivity index (χ2n) is 10.6. The van der Waals surface area contributed by atoms with Crippen molar-refractivity contribution in [1.29, 1.82) is 0 Å². The van der Waals surface area contributed by atoms with Gasteiger partial charge in [0, 0.05) is 13.5 Å². The highest BCUT2D eigenvalue weighted by Crippen LogP contribution is 2.29. The number of ether oxygens (including phenoxy) is 1. The fraction of sp³-hybridized carbons (Fsp3) is 0.852. The third kappa shape index (κ3) is 11.3. The molecule has 0 radical (unpaired) electrons. The van der Waals surface area contributed by atoms with Crippen molar-refractivity contribution >= 4 is 23.6 Å². The number of Topliss-reactive ketones (excluding diaryl/α,β-unsaturated/α-hetero) is 1. The van der Waals surface area contributed by atoms with Gasteiger partial charge in [0.15, 0.2) is 5.78 Å². The number of unbranched alkanes of at least 4 members (excludes halogenated alkanes) is 1. The van der Waals surface area contributed by atoms with Crippen LogP contribution in [0.25, 0.3) is 0 Å². The van der Waals surface area contributed by atoms with Crippen LogP contribution >= 0.6 is 0 Å². The molecule has 5 N–H and O–H groups in total. The minimum Gasteiger partial charge on any atom is -0.478 e. The second-order valence-corrected chi connectivity index (χ2v) is 10.6. The minimum absolute atomic E-state index is 0.350. The number of carbonyl (C=O) groups is 4. The first-order chi connectivity index (χ1) is 17.7. The van der Waals surface area contributed by atoms with E-state index in [0.717, 1.165) is 6.42 Å². The van der Waals surface area contributed by atoms with Crippen LogP contribution < -0.4 is 10.6 Å². The molecule has 3 unspecified atom stereocenters. The van der Waals surface area contributed by atoms with Crippen molar-refractivity contribution in [3.63, 3.8) is 0 Å². The summed E-state index contributed by atoms with van der Waals surface area (Å²) in [5.74, 6) is -3.66. The first-order valence-corrected chi connectivity index (χ1v) is 13.6. The zero-order valence-corrected chi connectivity index (χ0v) is 24.5. The summed E-state index contributed by atoms with van der Waals surface area (Å²) in [6.45, 7) is 8.44. The molecule has 0 aromatic rings. The van der Waals surface area contributed by atoms with Crippen LogP contribution in [0, 0.1) is 5.92 Å². The lowest BCUT2D eigenvalue weighted by atomic mass is 9.83. The summed E-state index contributed by atoms with van der Waals surface area (Å²) in [6.07, 6.45) is 0.670. The number of rotatable bonds is 20. The Bertz CT molecular complexity index is 761. The average molecular weight is 546 g/mol. The Balaban J connectivity index is 6.32. The van der Waals surface area contributed by atoms with Gasteiger partial charge in [-0.05, 0) is 60.0 Å². The maximum atomic E-state index is 13.8. The molecule has 0 aliphatic rings. The third-order valence-electron chi connectivity index (χ3n) is 6.97. The highest BCUT2D eigenvalue weighted by molar-refractivity contribution is 5.95. The number of nitrogens with zero attached hydrogens (tertiary/aromatic N) is 1. The Morgan fingerprint density at radius 3 is 1.97 bits per heavy atom. The summed E-state index contributed by atoms with van der Waals surface area (Å²) >= 11 is 0. The summed E-state index contributed by atoms with van der Waals surface area (Å²) in [7, 11) is 4.68. The van der Waals surface area contributed by atoms with Crippen molar-refractivity contribution in [3.05, 3.63) is 0 Å². The van der Waals surface area contributed by atoms with Gasteiger partial charge < -0.3 is 35.6 Å². The van der Waals surface area contributed by atoms with Crippen LogP contribution in [-0.2, 0) is 23.9 Å². The highest BCUT2D eigenvalue weighted by Gasteiger charge is 2.49.